The van der Waals surface area contributed by atoms with Gasteiger partial charge in [0.15, 0.2) is 0 Å². The molecule has 0 bridgehead atoms. The van der Waals surface area contributed by atoms with E-state index in [1.807, 2.05) is 30.3 Å². The molecule has 1 rings (SSSR count). The van der Waals surface area contributed by atoms with Crippen LogP contribution in [0, 0.1) is 0 Å². The lowest BCUT2D eigenvalue weighted by molar-refractivity contribution is 0.236. The van der Waals surface area contributed by atoms with Crippen molar-refractivity contribution < 1.29 is 14.6 Å². The van der Waals surface area contributed by atoms with E-state index in [0.717, 1.165) is 12.2 Å². The zero-order valence-corrected chi connectivity index (χ0v) is 10.4. The zero-order valence-electron chi connectivity index (χ0n) is 10.4. The molecular weight excluding hydrogens is 232 g/mol. The van der Waals surface area contributed by atoms with Crippen LogP contribution in [0.3, 0.4) is 0 Å². The first kappa shape index (κ1) is 14.3. The Morgan fingerprint density at radius 3 is 2.44 bits per heavy atom. The lowest BCUT2D eigenvalue weighted by atomic mass is 10.3. The van der Waals surface area contributed by atoms with Gasteiger partial charge < -0.3 is 20.5 Å². The average Bonchev–Trinajstić information content (AvgIpc) is 2.40. The van der Waals surface area contributed by atoms with Crippen molar-refractivity contribution in [2.45, 2.75) is 12.8 Å². The molecule has 0 atom stereocenters. The van der Waals surface area contributed by atoms with Gasteiger partial charge in [0.2, 0.25) is 0 Å². The van der Waals surface area contributed by atoms with Gasteiger partial charge >= 0.3 is 6.03 Å². The van der Waals surface area contributed by atoms with Gasteiger partial charge in [0.05, 0.1) is 6.61 Å². The van der Waals surface area contributed by atoms with Crippen molar-refractivity contribution in [2.24, 2.45) is 0 Å². The van der Waals surface area contributed by atoms with Gasteiger partial charge in [0, 0.05) is 19.7 Å². The molecule has 0 spiro atoms. The fourth-order valence-corrected chi connectivity index (χ4v) is 1.32. The monoisotopic (exact) mass is 252 g/mol. The van der Waals surface area contributed by atoms with Crippen molar-refractivity contribution in [1.29, 1.82) is 0 Å². The lowest BCUT2D eigenvalue weighted by Gasteiger charge is -2.08. The highest BCUT2D eigenvalue weighted by Gasteiger charge is 1.98. The Labute approximate surface area is 107 Å². The number of nitrogens with one attached hydrogen (secondary N) is 2. The molecule has 0 aliphatic rings. The number of aliphatic hydroxyl groups is 1. The van der Waals surface area contributed by atoms with E-state index in [-0.39, 0.29) is 12.6 Å². The molecule has 0 unspecified atom stereocenters. The molecule has 100 valence electrons. The summed E-state index contributed by atoms with van der Waals surface area (Å²) in [7, 11) is 0. The highest BCUT2D eigenvalue weighted by molar-refractivity contribution is 5.73. The van der Waals surface area contributed by atoms with Crippen LogP contribution in [0.5, 0.6) is 5.75 Å². The lowest BCUT2D eigenvalue weighted by Crippen LogP contribution is -2.37. The second-order valence-corrected chi connectivity index (χ2v) is 3.77. The predicted molar refractivity (Wildman–Crippen MR) is 69.7 cm³/mol. The van der Waals surface area contributed by atoms with Crippen molar-refractivity contribution in [1.82, 2.24) is 10.6 Å². The van der Waals surface area contributed by atoms with Gasteiger partial charge in [-0.25, -0.2) is 4.79 Å². The van der Waals surface area contributed by atoms with E-state index >= 15 is 0 Å². The van der Waals surface area contributed by atoms with Crippen LogP contribution in [0.15, 0.2) is 30.3 Å². The van der Waals surface area contributed by atoms with Gasteiger partial charge in [-0.3, -0.25) is 0 Å². The van der Waals surface area contributed by atoms with E-state index in [1.54, 1.807) is 0 Å². The Morgan fingerprint density at radius 2 is 1.78 bits per heavy atom. The molecule has 18 heavy (non-hydrogen) atoms. The van der Waals surface area contributed by atoms with E-state index in [2.05, 4.69) is 10.6 Å². The molecule has 0 heterocycles. The minimum atomic E-state index is -0.205. The van der Waals surface area contributed by atoms with Crippen LogP contribution in [0.25, 0.3) is 0 Å². The van der Waals surface area contributed by atoms with E-state index in [4.69, 9.17) is 9.84 Å². The van der Waals surface area contributed by atoms with Gasteiger partial charge in [-0.1, -0.05) is 18.2 Å². The third-order valence-corrected chi connectivity index (χ3v) is 2.24. The number of benzene rings is 1. The minimum absolute atomic E-state index is 0.0885. The van der Waals surface area contributed by atoms with Crippen LogP contribution in [0.2, 0.25) is 0 Å². The van der Waals surface area contributed by atoms with Crippen LogP contribution in [0.1, 0.15) is 12.8 Å². The summed E-state index contributed by atoms with van der Waals surface area (Å²) in [6.07, 6.45) is 1.33. The van der Waals surface area contributed by atoms with Gasteiger partial charge in [-0.15, -0.1) is 0 Å². The molecule has 0 aromatic heterocycles. The molecule has 3 N–H and O–H groups in total. The number of hydrogen-bond acceptors (Lipinski definition) is 3. The molecule has 1 aromatic carbocycles. The summed E-state index contributed by atoms with van der Waals surface area (Å²) in [5.74, 6) is 0.838. The molecule has 0 fully saturated rings. The van der Waals surface area contributed by atoms with Crippen molar-refractivity contribution >= 4 is 6.03 Å². The Hall–Kier alpha value is -1.75. The number of amides is 2. The standard InChI is InChI=1S/C13H20N2O3/c16-10-4-8-14-13(17)15-9-5-11-18-12-6-2-1-3-7-12/h1-3,6-7,16H,4-5,8-11H2,(H2,14,15,17). The molecule has 0 aliphatic heterocycles. The zero-order chi connectivity index (χ0) is 13.1. The maximum Gasteiger partial charge on any atom is 0.314 e. The molecule has 1 aromatic rings. The van der Waals surface area contributed by atoms with E-state index in [1.165, 1.54) is 0 Å². The first-order valence-corrected chi connectivity index (χ1v) is 6.13. The molecule has 0 saturated carbocycles. The summed E-state index contributed by atoms with van der Waals surface area (Å²) >= 11 is 0. The van der Waals surface area contributed by atoms with Crippen molar-refractivity contribution in [3.05, 3.63) is 30.3 Å². The fourth-order valence-electron chi connectivity index (χ4n) is 1.32. The highest BCUT2D eigenvalue weighted by Crippen LogP contribution is 2.07. The van der Waals surface area contributed by atoms with Crippen LogP contribution in [-0.4, -0.2) is 37.4 Å². The summed E-state index contributed by atoms with van der Waals surface area (Å²) in [6, 6.07) is 9.36. The average molecular weight is 252 g/mol. The number of carbonyl (C=O) groups excluding carboxylic acids is 1. The topological polar surface area (TPSA) is 70.6 Å². The van der Waals surface area contributed by atoms with Crippen LogP contribution in [-0.2, 0) is 0 Å². The van der Waals surface area contributed by atoms with Gasteiger partial charge in [-0.05, 0) is 25.0 Å². The smallest absolute Gasteiger partial charge is 0.314 e. The Balaban J connectivity index is 1.97. The minimum Gasteiger partial charge on any atom is -0.494 e. The molecule has 0 saturated heterocycles. The predicted octanol–water partition coefficient (Wildman–Crippen LogP) is 1.14. The van der Waals surface area contributed by atoms with Gasteiger partial charge in [-0.2, -0.15) is 0 Å². The van der Waals surface area contributed by atoms with Crippen LogP contribution in [0.4, 0.5) is 4.79 Å². The largest absolute Gasteiger partial charge is 0.494 e. The second kappa shape index (κ2) is 9.30. The SMILES string of the molecule is O=C(NCCCO)NCCCOc1ccccc1. The molecule has 0 aliphatic carbocycles. The summed E-state index contributed by atoms with van der Waals surface area (Å²) in [5, 5.41) is 13.9. The van der Waals surface area contributed by atoms with Crippen molar-refractivity contribution in [3.63, 3.8) is 0 Å². The first-order chi connectivity index (χ1) is 8.83. The molecule has 5 heteroatoms. The number of ether oxygens (including phenoxy) is 1. The van der Waals surface area contributed by atoms with E-state index < -0.39 is 0 Å². The molecule has 5 nitrogen and oxygen atoms in total. The van der Waals surface area contributed by atoms with Crippen molar-refractivity contribution in [3.8, 4) is 5.75 Å². The Bertz CT molecular complexity index is 330. The Morgan fingerprint density at radius 1 is 1.11 bits per heavy atom. The third-order valence-electron chi connectivity index (χ3n) is 2.24. The fraction of sp³-hybridized carbons (Fsp3) is 0.462. The maximum atomic E-state index is 11.2. The van der Waals surface area contributed by atoms with E-state index in [0.29, 0.717) is 26.1 Å². The summed E-state index contributed by atoms with van der Waals surface area (Å²) in [5.41, 5.74) is 0. The number of urea groups is 1. The third kappa shape index (κ3) is 6.75. The van der Waals surface area contributed by atoms with Gasteiger partial charge in [0.25, 0.3) is 0 Å². The Kier molecular flexibility index (Phi) is 7.39. The molecule has 2 amide bonds. The normalized spacial score (nSPS) is 9.83. The van der Waals surface area contributed by atoms with Crippen LogP contribution < -0.4 is 15.4 Å². The van der Waals surface area contributed by atoms with Crippen LogP contribution >= 0.6 is 0 Å². The number of rotatable bonds is 8. The molecule has 0 radical (unpaired) electrons. The first-order valence-electron chi connectivity index (χ1n) is 6.13. The number of hydrogen-bond donors (Lipinski definition) is 3. The summed E-state index contributed by atoms with van der Waals surface area (Å²) in [4.78, 5) is 11.2. The number of para-hydroxylation sites is 1. The quantitative estimate of drug-likeness (QED) is 0.608. The number of carbonyl (C=O) groups is 1. The summed E-state index contributed by atoms with van der Waals surface area (Å²) in [6.45, 7) is 1.72. The highest BCUT2D eigenvalue weighted by atomic mass is 16.5. The maximum absolute atomic E-state index is 11.2. The van der Waals surface area contributed by atoms with Crippen molar-refractivity contribution in [2.75, 3.05) is 26.3 Å². The number of aliphatic hydroxyl groups excluding tert-OH is 1. The second-order valence-electron chi connectivity index (χ2n) is 3.77. The summed E-state index contributed by atoms with van der Waals surface area (Å²) < 4.78 is 5.48. The van der Waals surface area contributed by atoms with Gasteiger partial charge in [0.1, 0.15) is 5.75 Å². The molecular formula is C13H20N2O3. The van der Waals surface area contributed by atoms with E-state index in [9.17, 15) is 4.79 Å².